The van der Waals surface area contributed by atoms with Crippen molar-refractivity contribution < 1.29 is 31.9 Å². The van der Waals surface area contributed by atoms with Gasteiger partial charge in [0, 0.05) is 6.42 Å². The van der Waals surface area contributed by atoms with E-state index in [2.05, 4.69) is 0 Å². The third-order valence-electron chi connectivity index (χ3n) is 3.21. The van der Waals surface area contributed by atoms with Crippen LogP contribution in [0.25, 0.3) is 0 Å². The Hall–Kier alpha value is -0.880. The van der Waals surface area contributed by atoms with Crippen molar-refractivity contribution >= 4 is 5.97 Å². The highest BCUT2D eigenvalue weighted by Gasteiger charge is 2.68. The number of hydrogen-bond acceptors (Lipinski definition) is 1. The molecule has 94 valence electrons. The standard InChI is InChI=1S/C9H11F5O2/c1-7(2)4(5(7)6(15)16)3-8(10,11)9(12,13)14/h4-5H,3H2,1-2H3,(H,15,16)/t4-,5+/m1/s1. The van der Waals surface area contributed by atoms with Crippen LogP contribution in [0.1, 0.15) is 20.3 Å². The summed E-state index contributed by atoms with van der Waals surface area (Å²) < 4.78 is 61.1. The zero-order chi connectivity index (χ0) is 12.9. The molecule has 1 fully saturated rings. The zero-order valence-corrected chi connectivity index (χ0v) is 8.61. The summed E-state index contributed by atoms with van der Waals surface area (Å²) >= 11 is 0. The first-order valence-corrected chi connectivity index (χ1v) is 4.58. The van der Waals surface area contributed by atoms with Crippen molar-refractivity contribution in [2.75, 3.05) is 0 Å². The van der Waals surface area contributed by atoms with E-state index in [0.717, 1.165) is 0 Å². The average Bonchev–Trinajstić information content (AvgIpc) is 2.49. The summed E-state index contributed by atoms with van der Waals surface area (Å²) in [5.41, 5.74) is -0.999. The molecule has 0 radical (unpaired) electrons. The smallest absolute Gasteiger partial charge is 0.453 e. The van der Waals surface area contributed by atoms with Crippen molar-refractivity contribution in [3.05, 3.63) is 0 Å². The Morgan fingerprint density at radius 1 is 1.25 bits per heavy atom. The van der Waals surface area contributed by atoms with Crippen molar-refractivity contribution in [2.45, 2.75) is 32.4 Å². The molecule has 2 atom stereocenters. The molecule has 0 amide bonds. The first-order valence-electron chi connectivity index (χ1n) is 4.58. The number of carbonyl (C=O) groups is 1. The van der Waals surface area contributed by atoms with Gasteiger partial charge in [0.25, 0.3) is 0 Å². The van der Waals surface area contributed by atoms with E-state index >= 15 is 0 Å². The van der Waals surface area contributed by atoms with Gasteiger partial charge < -0.3 is 5.11 Å². The lowest BCUT2D eigenvalue weighted by Crippen LogP contribution is -2.37. The molecule has 0 aromatic heterocycles. The van der Waals surface area contributed by atoms with E-state index in [1.54, 1.807) is 0 Å². The van der Waals surface area contributed by atoms with Gasteiger partial charge in [-0.1, -0.05) is 13.8 Å². The van der Waals surface area contributed by atoms with Crippen molar-refractivity contribution in [2.24, 2.45) is 17.3 Å². The molecule has 0 unspecified atom stereocenters. The predicted molar refractivity (Wildman–Crippen MR) is 44.0 cm³/mol. The second-order valence-electron chi connectivity index (χ2n) is 4.65. The lowest BCUT2D eigenvalue weighted by Gasteiger charge is -2.19. The van der Waals surface area contributed by atoms with Gasteiger partial charge in [0.1, 0.15) is 0 Å². The normalized spacial score (nSPS) is 28.9. The van der Waals surface area contributed by atoms with Gasteiger partial charge in [-0.3, -0.25) is 4.79 Å². The molecular weight excluding hydrogens is 235 g/mol. The summed E-state index contributed by atoms with van der Waals surface area (Å²) in [4.78, 5) is 10.6. The van der Waals surface area contributed by atoms with Crippen molar-refractivity contribution in [1.82, 2.24) is 0 Å². The molecule has 0 bridgehead atoms. The first-order chi connectivity index (χ1) is 6.91. The molecule has 0 aromatic carbocycles. The van der Waals surface area contributed by atoms with E-state index in [-0.39, 0.29) is 0 Å². The first kappa shape index (κ1) is 13.2. The van der Waals surface area contributed by atoms with E-state index in [9.17, 15) is 26.7 Å². The summed E-state index contributed by atoms with van der Waals surface area (Å²) in [5.74, 6) is -8.41. The van der Waals surface area contributed by atoms with Gasteiger partial charge in [-0.25, -0.2) is 0 Å². The van der Waals surface area contributed by atoms with Gasteiger partial charge in [-0.15, -0.1) is 0 Å². The van der Waals surface area contributed by atoms with Crippen LogP contribution in [-0.4, -0.2) is 23.2 Å². The third-order valence-corrected chi connectivity index (χ3v) is 3.21. The van der Waals surface area contributed by atoms with Crippen LogP contribution in [0.15, 0.2) is 0 Å². The maximum atomic E-state index is 12.7. The number of aliphatic carboxylic acids is 1. The molecule has 7 heteroatoms. The highest BCUT2D eigenvalue weighted by molar-refractivity contribution is 5.75. The Morgan fingerprint density at radius 3 is 1.94 bits per heavy atom. The number of alkyl halides is 5. The molecule has 1 aliphatic carbocycles. The Kier molecular flexibility index (Phi) is 2.72. The molecule has 1 saturated carbocycles. The van der Waals surface area contributed by atoms with Crippen molar-refractivity contribution in [1.29, 1.82) is 0 Å². The van der Waals surface area contributed by atoms with Gasteiger partial charge in [0.15, 0.2) is 0 Å². The average molecular weight is 246 g/mol. The van der Waals surface area contributed by atoms with Crippen LogP contribution < -0.4 is 0 Å². The minimum Gasteiger partial charge on any atom is -0.481 e. The fourth-order valence-corrected chi connectivity index (χ4v) is 2.01. The third kappa shape index (κ3) is 1.99. The van der Waals surface area contributed by atoms with E-state index in [1.807, 2.05) is 0 Å². The summed E-state index contributed by atoms with van der Waals surface area (Å²) in [7, 11) is 0. The van der Waals surface area contributed by atoms with Gasteiger partial charge in [0.05, 0.1) is 5.92 Å². The second kappa shape index (κ2) is 3.30. The van der Waals surface area contributed by atoms with Crippen LogP contribution in [0.4, 0.5) is 22.0 Å². The summed E-state index contributed by atoms with van der Waals surface area (Å²) in [6, 6.07) is 0. The predicted octanol–water partition coefficient (Wildman–Crippen LogP) is 2.93. The van der Waals surface area contributed by atoms with Crippen LogP contribution in [-0.2, 0) is 4.79 Å². The van der Waals surface area contributed by atoms with Crippen LogP contribution in [0.2, 0.25) is 0 Å². The number of rotatable bonds is 3. The molecule has 0 saturated heterocycles. The van der Waals surface area contributed by atoms with Crippen molar-refractivity contribution in [3.63, 3.8) is 0 Å². The highest BCUT2D eigenvalue weighted by atomic mass is 19.4. The Bertz CT molecular complexity index is 308. The number of carboxylic acids is 1. The second-order valence-corrected chi connectivity index (χ2v) is 4.65. The van der Waals surface area contributed by atoms with E-state index < -0.39 is 41.7 Å². The molecule has 1 rings (SSSR count). The summed E-state index contributed by atoms with van der Waals surface area (Å²) in [6.07, 6.45) is -7.07. The van der Waals surface area contributed by atoms with Gasteiger partial charge >= 0.3 is 18.1 Å². The lowest BCUT2D eigenvalue weighted by atomic mass is 10.0. The number of carboxylic acid groups (broad SMARTS) is 1. The lowest BCUT2D eigenvalue weighted by molar-refractivity contribution is -0.286. The Balaban J connectivity index is 2.75. The fourth-order valence-electron chi connectivity index (χ4n) is 2.01. The maximum absolute atomic E-state index is 12.7. The molecule has 0 spiro atoms. The van der Waals surface area contributed by atoms with Crippen LogP contribution in [0.3, 0.4) is 0 Å². The summed E-state index contributed by atoms with van der Waals surface area (Å²) in [5, 5.41) is 8.63. The molecule has 1 N–H and O–H groups in total. The fraction of sp³-hybridized carbons (Fsp3) is 0.889. The Labute approximate surface area is 88.4 Å². The van der Waals surface area contributed by atoms with Gasteiger partial charge in [-0.2, -0.15) is 22.0 Å². The van der Waals surface area contributed by atoms with Gasteiger partial charge in [0.2, 0.25) is 0 Å². The largest absolute Gasteiger partial charge is 0.481 e. The quantitative estimate of drug-likeness (QED) is 0.777. The molecule has 1 aliphatic rings. The molecule has 0 aromatic rings. The molecule has 2 nitrogen and oxygen atoms in total. The molecule has 0 aliphatic heterocycles. The van der Waals surface area contributed by atoms with Crippen LogP contribution in [0, 0.1) is 17.3 Å². The van der Waals surface area contributed by atoms with Crippen LogP contribution >= 0.6 is 0 Å². The van der Waals surface area contributed by atoms with E-state index in [4.69, 9.17) is 5.11 Å². The highest BCUT2D eigenvalue weighted by Crippen LogP contribution is 2.63. The Morgan fingerprint density at radius 2 is 1.69 bits per heavy atom. The topological polar surface area (TPSA) is 37.3 Å². The number of halogens is 5. The minimum absolute atomic E-state index is 0.999. The van der Waals surface area contributed by atoms with Crippen LogP contribution in [0.5, 0.6) is 0 Å². The molecular formula is C9H11F5O2. The monoisotopic (exact) mass is 246 g/mol. The van der Waals surface area contributed by atoms with Gasteiger partial charge in [-0.05, 0) is 11.3 Å². The zero-order valence-electron chi connectivity index (χ0n) is 8.61. The number of hydrogen-bond donors (Lipinski definition) is 1. The molecule has 0 heterocycles. The molecule has 16 heavy (non-hydrogen) atoms. The SMILES string of the molecule is CC1(C)[C@H](CC(F)(F)C(F)(F)F)[C@H]1C(=O)O. The van der Waals surface area contributed by atoms with E-state index in [0.29, 0.717) is 0 Å². The van der Waals surface area contributed by atoms with Crippen molar-refractivity contribution in [3.8, 4) is 0 Å². The minimum atomic E-state index is -5.62. The van der Waals surface area contributed by atoms with E-state index in [1.165, 1.54) is 13.8 Å². The summed E-state index contributed by atoms with van der Waals surface area (Å²) in [6.45, 7) is 2.76. The maximum Gasteiger partial charge on any atom is 0.453 e.